The quantitative estimate of drug-likeness (QED) is 0.768. The number of rotatable bonds is 2. The molecule has 1 aromatic rings. The van der Waals surface area contributed by atoms with Gasteiger partial charge in [-0.15, -0.1) is 0 Å². The van der Waals surface area contributed by atoms with Crippen LogP contribution in [0, 0.1) is 11.7 Å². The van der Waals surface area contributed by atoms with E-state index in [4.69, 9.17) is 4.74 Å². The zero-order chi connectivity index (χ0) is 13.2. The lowest BCUT2D eigenvalue weighted by atomic mass is 9.84. The van der Waals surface area contributed by atoms with Gasteiger partial charge in [0.15, 0.2) is 0 Å². The van der Waals surface area contributed by atoms with E-state index in [9.17, 15) is 4.39 Å². The van der Waals surface area contributed by atoms with Crippen LogP contribution >= 0.6 is 0 Å². The first-order valence-corrected chi connectivity index (χ1v) is 6.83. The molecular formula is C16H23FO. The number of halogens is 1. The van der Waals surface area contributed by atoms with Gasteiger partial charge in [-0.25, -0.2) is 4.39 Å². The molecule has 0 bridgehead atoms. The van der Waals surface area contributed by atoms with Crippen molar-refractivity contribution in [2.45, 2.75) is 45.4 Å². The predicted molar refractivity (Wildman–Crippen MR) is 72.3 cm³/mol. The molecule has 1 heterocycles. The summed E-state index contributed by atoms with van der Waals surface area (Å²) in [7, 11) is 0. The Balaban J connectivity index is 2.15. The van der Waals surface area contributed by atoms with Crippen LogP contribution in [-0.4, -0.2) is 13.2 Å². The van der Waals surface area contributed by atoms with Crippen LogP contribution in [-0.2, 0) is 16.6 Å². The van der Waals surface area contributed by atoms with Crippen molar-refractivity contribution < 1.29 is 9.13 Å². The van der Waals surface area contributed by atoms with E-state index < -0.39 is 0 Å². The summed E-state index contributed by atoms with van der Waals surface area (Å²) in [6.45, 7) is 8.14. The van der Waals surface area contributed by atoms with Crippen molar-refractivity contribution in [2.75, 3.05) is 13.2 Å². The molecule has 0 saturated carbocycles. The van der Waals surface area contributed by atoms with Crippen LogP contribution in [0.2, 0.25) is 0 Å². The molecule has 0 aliphatic carbocycles. The minimum Gasteiger partial charge on any atom is -0.381 e. The van der Waals surface area contributed by atoms with E-state index in [1.54, 1.807) is 6.07 Å². The second kappa shape index (κ2) is 5.40. The highest BCUT2D eigenvalue weighted by Gasteiger charge is 2.19. The molecule has 1 aromatic carbocycles. The van der Waals surface area contributed by atoms with Gasteiger partial charge in [-0.05, 0) is 47.8 Å². The second-order valence-corrected chi connectivity index (χ2v) is 6.32. The summed E-state index contributed by atoms with van der Waals surface area (Å²) in [6, 6.07) is 5.57. The molecule has 0 aromatic heterocycles. The number of benzene rings is 1. The minimum atomic E-state index is -0.0607. The van der Waals surface area contributed by atoms with E-state index in [-0.39, 0.29) is 11.2 Å². The van der Waals surface area contributed by atoms with Crippen molar-refractivity contribution in [2.24, 2.45) is 5.92 Å². The fraction of sp³-hybridized carbons (Fsp3) is 0.625. The molecule has 0 radical (unpaired) electrons. The van der Waals surface area contributed by atoms with Gasteiger partial charge in [0.2, 0.25) is 0 Å². The van der Waals surface area contributed by atoms with Crippen LogP contribution in [0.1, 0.15) is 44.7 Å². The third-order valence-corrected chi connectivity index (χ3v) is 3.76. The van der Waals surface area contributed by atoms with Crippen molar-refractivity contribution in [3.05, 3.63) is 35.1 Å². The van der Waals surface area contributed by atoms with Crippen LogP contribution in [0.4, 0.5) is 4.39 Å². The van der Waals surface area contributed by atoms with Crippen LogP contribution in [0.15, 0.2) is 18.2 Å². The summed E-state index contributed by atoms with van der Waals surface area (Å²) < 4.78 is 19.2. The summed E-state index contributed by atoms with van der Waals surface area (Å²) >= 11 is 0. The number of hydrogen-bond acceptors (Lipinski definition) is 1. The van der Waals surface area contributed by atoms with Gasteiger partial charge in [-0.3, -0.25) is 0 Å². The van der Waals surface area contributed by atoms with Gasteiger partial charge in [0.05, 0.1) is 0 Å². The van der Waals surface area contributed by atoms with Gasteiger partial charge in [0.1, 0.15) is 5.82 Å². The number of hydrogen-bond donors (Lipinski definition) is 0. The van der Waals surface area contributed by atoms with Crippen LogP contribution in [0.3, 0.4) is 0 Å². The Bertz CT molecular complexity index is 400. The smallest absolute Gasteiger partial charge is 0.126 e. The van der Waals surface area contributed by atoms with Crippen molar-refractivity contribution in [3.8, 4) is 0 Å². The number of ether oxygens (including phenoxy) is 1. The molecule has 0 unspecified atom stereocenters. The highest BCUT2D eigenvalue weighted by Crippen LogP contribution is 2.27. The van der Waals surface area contributed by atoms with E-state index in [1.807, 2.05) is 12.1 Å². The molecular weight excluding hydrogens is 227 g/mol. The van der Waals surface area contributed by atoms with Gasteiger partial charge < -0.3 is 4.74 Å². The third kappa shape index (κ3) is 3.32. The normalized spacial score (nSPS) is 18.0. The Morgan fingerprint density at radius 1 is 1.22 bits per heavy atom. The van der Waals surface area contributed by atoms with E-state index >= 15 is 0 Å². The van der Waals surface area contributed by atoms with Crippen LogP contribution < -0.4 is 0 Å². The Morgan fingerprint density at radius 3 is 2.50 bits per heavy atom. The summed E-state index contributed by atoms with van der Waals surface area (Å²) in [5, 5.41) is 0. The largest absolute Gasteiger partial charge is 0.381 e. The second-order valence-electron chi connectivity index (χ2n) is 6.32. The molecule has 0 atom stereocenters. The molecule has 0 amide bonds. The molecule has 1 fully saturated rings. The van der Waals surface area contributed by atoms with E-state index in [1.165, 1.54) is 5.56 Å². The first-order chi connectivity index (χ1) is 8.47. The fourth-order valence-electron chi connectivity index (χ4n) is 2.46. The maximum atomic E-state index is 13.9. The molecule has 18 heavy (non-hydrogen) atoms. The summed E-state index contributed by atoms with van der Waals surface area (Å²) in [5.41, 5.74) is 2.17. The predicted octanol–water partition coefficient (Wildman–Crippen LogP) is 4.09. The van der Waals surface area contributed by atoms with Crippen molar-refractivity contribution in [3.63, 3.8) is 0 Å². The molecule has 1 nitrogen and oxygen atoms in total. The molecule has 0 N–H and O–H groups in total. The van der Waals surface area contributed by atoms with Gasteiger partial charge in [0, 0.05) is 13.2 Å². The van der Waals surface area contributed by atoms with Crippen molar-refractivity contribution >= 4 is 0 Å². The highest BCUT2D eigenvalue weighted by atomic mass is 19.1. The zero-order valence-electron chi connectivity index (χ0n) is 11.6. The Kier molecular flexibility index (Phi) is 4.06. The average Bonchev–Trinajstić information content (AvgIpc) is 2.32. The van der Waals surface area contributed by atoms with Crippen molar-refractivity contribution in [1.82, 2.24) is 0 Å². The van der Waals surface area contributed by atoms with Crippen molar-refractivity contribution in [1.29, 1.82) is 0 Å². The standard InChI is InChI=1S/C16H23FO/c1-16(2,3)14-4-5-15(17)13(11-14)10-12-6-8-18-9-7-12/h4-5,11-12H,6-10H2,1-3H3. The molecule has 100 valence electrons. The van der Waals surface area contributed by atoms with E-state index in [0.29, 0.717) is 5.92 Å². The Morgan fingerprint density at radius 2 is 1.89 bits per heavy atom. The molecule has 1 aliphatic rings. The minimum absolute atomic E-state index is 0.0607. The Hall–Kier alpha value is -0.890. The van der Waals surface area contributed by atoms with E-state index in [0.717, 1.165) is 38.0 Å². The lowest BCUT2D eigenvalue weighted by Gasteiger charge is -2.24. The SMILES string of the molecule is CC(C)(C)c1ccc(F)c(CC2CCOCC2)c1. The first kappa shape index (κ1) is 13.5. The zero-order valence-corrected chi connectivity index (χ0v) is 11.6. The summed E-state index contributed by atoms with van der Waals surface area (Å²) in [6.07, 6.45) is 2.96. The summed E-state index contributed by atoms with van der Waals surface area (Å²) in [4.78, 5) is 0. The van der Waals surface area contributed by atoms with Gasteiger partial charge in [-0.1, -0.05) is 32.9 Å². The maximum Gasteiger partial charge on any atom is 0.126 e. The molecule has 1 aliphatic heterocycles. The van der Waals surface area contributed by atoms with E-state index in [2.05, 4.69) is 20.8 Å². The average molecular weight is 250 g/mol. The summed E-state index contributed by atoms with van der Waals surface area (Å²) in [5.74, 6) is 0.512. The fourth-order valence-corrected chi connectivity index (χ4v) is 2.46. The highest BCUT2D eigenvalue weighted by molar-refractivity contribution is 5.30. The van der Waals surface area contributed by atoms with Gasteiger partial charge in [0.25, 0.3) is 0 Å². The maximum absolute atomic E-state index is 13.9. The molecule has 0 spiro atoms. The molecule has 2 heteroatoms. The first-order valence-electron chi connectivity index (χ1n) is 6.83. The van der Waals surface area contributed by atoms with Gasteiger partial charge in [-0.2, -0.15) is 0 Å². The van der Waals surface area contributed by atoms with Crippen LogP contribution in [0.5, 0.6) is 0 Å². The molecule has 1 saturated heterocycles. The Labute approximate surface area is 109 Å². The lowest BCUT2D eigenvalue weighted by Crippen LogP contribution is -2.19. The topological polar surface area (TPSA) is 9.23 Å². The van der Waals surface area contributed by atoms with Crippen LogP contribution in [0.25, 0.3) is 0 Å². The lowest BCUT2D eigenvalue weighted by molar-refractivity contribution is 0.0663. The molecule has 2 rings (SSSR count). The monoisotopic (exact) mass is 250 g/mol. The third-order valence-electron chi connectivity index (χ3n) is 3.76. The van der Waals surface area contributed by atoms with Gasteiger partial charge >= 0.3 is 0 Å².